The number of hydrogen-bond donors (Lipinski definition) is 3. The van der Waals surface area contributed by atoms with Crippen LogP contribution in [-0.4, -0.2) is 31.1 Å². The molecule has 4 rings (SSSR count). The van der Waals surface area contributed by atoms with Crippen LogP contribution in [0.1, 0.15) is 22.8 Å². The zero-order valence-corrected chi connectivity index (χ0v) is 22.4. The molecule has 1 amide bonds. The number of carbonyl (C=O) groups is 1. The number of amides is 1. The second kappa shape index (κ2) is 11.0. The molecule has 0 atom stereocenters. The van der Waals surface area contributed by atoms with Gasteiger partial charge in [-0.15, -0.1) is 5.11 Å². The van der Waals surface area contributed by atoms with Crippen molar-refractivity contribution in [2.45, 2.75) is 18.2 Å². The van der Waals surface area contributed by atoms with Crippen LogP contribution in [0.4, 0.5) is 17.1 Å². The molecule has 12 heteroatoms. The first-order valence-electron chi connectivity index (χ1n) is 11.1. The van der Waals surface area contributed by atoms with Gasteiger partial charge in [-0.2, -0.15) is 13.5 Å². The third-order valence-electron chi connectivity index (χ3n) is 5.72. The molecule has 0 aliphatic heterocycles. The highest BCUT2D eigenvalue weighted by molar-refractivity contribution is 7.85. The maximum atomic E-state index is 13.2. The van der Waals surface area contributed by atoms with Gasteiger partial charge in [0.15, 0.2) is 5.75 Å². The van der Waals surface area contributed by atoms with E-state index in [4.69, 9.17) is 27.9 Å². The molecule has 0 heterocycles. The Morgan fingerprint density at radius 1 is 1.03 bits per heavy atom. The molecule has 0 aliphatic carbocycles. The third-order valence-corrected chi connectivity index (χ3v) is 7.20. The van der Waals surface area contributed by atoms with Gasteiger partial charge in [-0.25, -0.2) is 0 Å². The Hall–Kier alpha value is -3.70. The van der Waals surface area contributed by atoms with Crippen LogP contribution in [0.2, 0.25) is 10.0 Å². The van der Waals surface area contributed by atoms with Gasteiger partial charge in [0.2, 0.25) is 0 Å². The summed E-state index contributed by atoms with van der Waals surface area (Å²) in [5, 5.41) is 23.5. The first-order valence-corrected chi connectivity index (χ1v) is 13.3. The van der Waals surface area contributed by atoms with Crippen LogP contribution in [0.5, 0.6) is 11.5 Å². The zero-order chi connectivity index (χ0) is 27.6. The largest absolute Gasteiger partial charge is 0.505 e. The lowest BCUT2D eigenvalue weighted by Gasteiger charge is -2.13. The smallest absolute Gasteiger partial charge is 0.294 e. The predicted octanol–water partition coefficient (Wildman–Crippen LogP) is 7.34. The number of rotatable bonds is 7. The van der Waals surface area contributed by atoms with Gasteiger partial charge in [0.25, 0.3) is 16.0 Å². The molecule has 0 saturated carbocycles. The molecule has 196 valence electrons. The molecule has 4 aromatic carbocycles. The Morgan fingerprint density at radius 2 is 1.76 bits per heavy atom. The van der Waals surface area contributed by atoms with Gasteiger partial charge in [-0.1, -0.05) is 54.4 Å². The van der Waals surface area contributed by atoms with Crippen molar-refractivity contribution in [3.8, 4) is 11.5 Å². The van der Waals surface area contributed by atoms with Crippen molar-refractivity contribution in [2.24, 2.45) is 10.2 Å². The van der Waals surface area contributed by atoms with Crippen molar-refractivity contribution in [1.82, 2.24) is 0 Å². The number of aromatic hydroxyl groups is 1. The van der Waals surface area contributed by atoms with Crippen LogP contribution >= 0.6 is 23.2 Å². The minimum atomic E-state index is -4.56. The maximum Gasteiger partial charge on any atom is 0.294 e. The second-order valence-electron chi connectivity index (χ2n) is 8.07. The van der Waals surface area contributed by atoms with Gasteiger partial charge in [0.05, 0.1) is 34.0 Å². The van der Waals surface area contributed by atoms with E-state index in [1.54, 1.807) is 43.3 Å². The summed E-state index contributed by atoms with van der Waals surface area (Å²) < 4.78 is 38.0. The van der Waals surface area contributed by atoms with Gasteiger partial charge in [0, 0.05) is 16.5 Å². The van der Waals surface area contributed by atoms with Crippen molar-refractivity contribution in [3.05, 3.63) is 81.8 Å². The molecular formula is C26H21Cl2N3O6S. The van der Waals surface area contributed by atoms with E-state index in [0.717, 1.165) is 12.1 Å². The summed E-state index contributed by atoms with van der Waals surface area (Å²) in [5.41, 5.74) is 0.748. The van der Waals surface area contributed by atoms with E-state index in [9.17, 15) is 22.9 Å². The average Bonchev–Trinajstić information content (AvgIpc) is 2.88. The van der Waals surface area contributed by atoms with Gasteiger partial charge in [-0.3, -0.25) is 9.35 Å². The number of hydrogen-bond acceptors (Lipinski definition) is 7. The molecule has 4 aromatic rings. The van der Waals surface area contributed by atoms with Crippen LogP contribution in [0.15, 0.2) is 75.8 Å². The number of anilines is 1. The highest BCUT2D eigenvalue weighted by atomic mass is 35.5. The van der Waals surface area contributed by atoms with E-state index in [-0.39, 0.29) is 27.0 Å². The van der Waals surface area contributed by atoms with Gasteiger partial charge in [0.1, 0.15) is 11.4 Å². The lowest BCUT2D eigenvalue weighted by molar-refractivity contribution is 0.102. The molecule has 9 nitrogen and oxygen atoms in total. The van der Waals surface area contributed by atoms with E-state index in [1.165, 1.54) is 19.2 Å². The molecule has 0 unspecified atom stereocenters. The molecule has 0 saturated heterocycles. The standard InChI is InChI=1S/C26H21Cl2N3O6S/c1-3-17-20(27)12-16(38(34,35)36)13-23(17)30-31-24-18-7-5-4-6-14(18)10-19(25(24)32)26(33)29-22-9-8-15(37-2)11-21(22)28/h4-13,32H,3H2,1-2H3,(H,29,33)(H,34,35,36). The number of nitrogens with zero attached hydrogens (tertiary/aromatic N) is 2. The number of ether oxygens (including phenoxy) is 1. The van der Waals surface area contributed by atoms with Crippen LogP contribution < -0.4 is 10.1 Å². The van der Waals surface area contributed by atoms with Crippen molar-refractivity contribution in [1.29, 1.82) is 0 Å². The summed E-state index contributed by atoms with van der Waals surface area (Å²) in [6.45, 7) is 1.79. The molecule has 0 fully saturated rings. The fraction of sp³-hybridized carbons (Fsp3) is 0.115. The van der Waals surface area contributed by atoms with Crippen LogP contribution in [0, 0.1) is 0 Å². The number of carbonyl (C=O) groups excluding carboxylic acids is 1. The summed E-state index contributed by atoms with van der Waals surface area (Å²) in [6.07, 6.45) is 0.386. The summed E-state index contributed by atoms with van der Waals surface area (Å²) >= 11 is 12.5. The van der Waals surface area contributed by atoms with Gasteiger partial charge in [-0.05, 0) is 47.7 Å². The lowest BCUT2D eigenvalue weighted by Crippen LogP contribution is -2.12. The van der Waals surface area contributed by atoms with Crippen LogP contribution in [0.3, 0.4) is 0 Å². The lowest BCUT2D eigenvalue weighted by atomic mass is 10.0. The first kappa shape index (κ1) is 27.3. The van der Waals surface area contributed by atoms with Crippen LogP contribution in [0.25, 0.3) is 10.8 Å². The molecule has 3 N–H and O–H groups in total. The monoisotopic (exact) mass is 573 g/mol. The highest BCUT2D eigenvalue weighted by Crippen LogP contribution is 2.41. The van der Waals surface area contributed by atoms with E-state index in [0.29, 0.717) is 34.2 Å². The number of halogens is 2. The Labute approximate surface area is 228 Å². The summed E-state index contributed by atoms with van der Waals surface area (Å²) in [6, 6.07) is 15.4. The van der Waals surface area contributed by atoms with E-state index < -0.39 is 26.7 Å². The Kier molecular flexibility index (Phi) is 7.89. The molecule has 38 heavy (non-hydrogen) atoms. The SMILES string of the molecule is CCc1c(Cl)cc(S(=O)(=O)O)cc1N=Nc1c(O)c(C(=O)Nc2ccc(OC)cc2Cl)cc2ccccc12. The normalized spacial score (nSPS) is 11.7. The number of phenols is 1. The summed E-state index contributed by atoms with van der Waals surface area (Å²) in [4.78, 5) is 12.7. The van der Waals surface area contributed by atoms with E-state index in [1.807, 2.05) is 0 Å². The van der Waals surface area contributed by atoms with Crippen molar-refractivity contribution >= 4 is 67.1 Å². The van der Waals surface area contributed by atoms with E-state index >= 15 is 0 Å². The van der Waals surface area contributed by atoms with Crippen molar-refractivity contribution in [3.63, 3.8) is 0 Å². The van der Waals surface area contributed by atoms with Gasteiger partial charge >= 0.3 is 0 Å². The van der Waals surface area contributed by atoms with Gasteiger partial charge < -0.3 is 15.2 Å². The number of azo groups is 1. The maximum absolute atomic E-state index is 13.2. The Balaban J connectivity index is 1.82. The number of benzene rings is 4. The van der Waals surface area contributed by atoms with Crippen molar-refractivity contribution in [2.75, 3.05) is 12.4 Å². The molecule has 0 spiro atoms. The predicted molar refractivity (Wildman–Crippen MR) is 146 cm³/mol. The molecule has 0 bridgehead atoms. The molecule has 0 aromatic heterocycles. The quantitative estimate of drug-likeness (QED) is 0.156. The average molecular weight is 574 g/mol. The highest BCUT2D eigenvalue weighted by Gasteiger charge is 2.20. The number of methoxy groups -OCH3 is 1. The topological polar surface area (TPSA) is 138 Å². The van der Waals surface area contributed by atoms with E-state index in [2.05, 4.69) is 15.5 Å². The molecule has 0 radical (unpaired) electrons. The zero-order valence-electron chi connectivity index (χ0n) is 20.1. The minimum absolute atomic E-state index is 0.0236. The minimum Gasteiger partial charge on any atom is -0.505 e. The van der Waals surface area contributed by atoms with Crippen LogP contribution in [-0.2, 0) is 16.5 Å². The van der Waals surface area contributed by atoms with Crippen molar-refractivity contribution < 1.29 is 27.6 Å². The first-order chi connectivity index (χ1) is 18.0. The fourth-order valence-electron chi connectivity index (χ4n) is 3.80. The number of phenolic OH excluding ortho intramolecular Hbond substituents is 1. The number of fused-ring (bicyclic) bond motifs is 1. The second-order valence-corrected chi connectivity index (χ2v) is 10.3. The Morgan fingerprint density at radius 3 is 2.42 bits per heavy atom. The summed E-state index contributed by atoms with van der Waals surface area (Å²) in [5.74, 6) is -0.596. The number of nitrogens with one attached hydrogen (secondary N) is 1. The Bertz CT molecular complexity index is 1710. The fourth-order valence-corrected chi connectivity index (χ4v) is 4.95. The molecular weight excluding hydrogens is 553 g/mol. The summed E-state index contributed by atoms with van der Waals surface area (Å²) in [7, 11) is -3.07. The molecule has 0 aliphatic rings. The third kappa shape index (κ3) is 5.58.